The van der Waals surface area contributed by atoms with Crippen LogP contribution in [0.5, 0.6) is 11.5 Å². The lowest BCUT2D eigenvalue weighted by atomic mass is 10.2. The summed E-state index contributed by atoms with van der Waals surface area (Å²) in [5, 5.41) is 9.10. The van der Waals surface area contributed by atoms with E-state index in [1.807, 2.05) is 42.8 Å². The van der Waals surface area contributed by atoms with Crippen LogP contribution in [0.3, 0.4) is 0 Å². The van der Waals surface area contributed by atoms with Crippen LogP contribution in [-0.2, 0) is 18.4 Å². The fourth-order valence-electron chi connectivity index (χ4n) is 2.87. The molecule has 2 aromatic heterocycles. The fraction of sp³-hybridized carbons (Fsp3) is 0.350. The number of aromatic nitrogens is 3. The van der Waals surface area contributed by atoms with E-state index in [0.29, 0.717) is 29.0 Å². The number of nitrogens with zero attached hydrogens (tertiary/aromatic N) is 4. The summed E-state index contributed by atoms with van der Waals surface area (Å²) < 4.78 is 17.8. The molecule has 29 heavy (non-hydrogen) atoms. The minimum absolute atomic E-state index is 0.00572. The fourth-order valence-corrected chi connectivity index (χ4v) is 3.72. The Balaban J connectivity index is 1.61. The number of hydrogen-bond acceptors (Lipinski definition) is 7. The molecule has 0 saturated heterocycles. The molecular weight excluding hydrogens is 392 g/mol. The summed E-state index contributed by atoms with van der Waals surface area (Å²) in [4.78, 5) is 14.2. The zero-order valence-corrected chi connectivity index (χ0v) is 17.9. The molecule has 0 saturated carbocycles. The van der Waals surface area contributed by atoms with Crippen LogP contribution in [0.15, 0.2) is 40.1 Å². The van der Waals surface area contributed by atoms with E-state index >= 15 is 0 Å². The first-order valence-electron chi connectivity index (χ1n) is 8.96. The number of carbonyl (C=O) groups excluding carboxylic acids is 1. The molecule has 0 aliphatic rings. The van der Waals surface area contributed by atoms with Gasteiger partial charge < -0.3 is 23.4 Å². The number of hydrogen-bond donors (Lipinski definition) is 0. The van der Waals surface area contributed by atoms with Gasteiger partial charge >= 0.3 is 0 Å². The Hall–Kier alpha value is -2.94. The molecule has 1 amide bonds. The topological polar surface area (TPSA) is 82.6 Å². The summed E-state index contributed by atoms with van der Waals surface area (Å²) in [7, 11) is 6.84. The predicted molar refractivity (Wildman–Crippen MR) is 110 cm³/mol. The number of ether oxygens (including phenoxy) is 2. The molecule has 0 aliphatic carbocycles. The van der Waals surface area contributed by atoms with Gasteiger partial charge in [0.1, 0.15) is 5.76 Å². The van der Waals surface area contributed by atoms with Gasteiger partial charge in [-0.05, 0) is 30.7 Å². The second-order valence-electron chi connectivity index (χ2n) is 6.48. The standard InChI is InChI=1S/C20H24N4O4S/c1-13-15(8-9-28-13)19-21-22-20(24(19)3)29-12-18(25)23(2)11-14-6-7-16(26-4)17(10-14)27-5/h6-10H,11-12H2,1-5H3. The molecule has 0 bridgehead atoms. The van der Waals surface area contributed by atoms with Gasteiger partial charge in [0, 0.05) is 20.6 Å². The summed E-state index contributed by atoms with van der Waals surface area (Å²) >= 11 is 1.35. The molecule has 9 heteroatoms. The molecule has 0 unspecified atom stereocenters. The monoisotopic (exact) mass is 416 g/mol. The van der Waals surface area contributed by atoms with Crippen LogP contribution < -0.4 is 9.47 Å². The number of carbonyl (C=O) groups is 1. The van der Waals surface area contributed by atoms with Crippen LogP contribution in [0.4, 0.5) is 0 Å². The number of rotatable bonds is 8. The van der Waals surface area contributed by atoms with Crippen LogP contribution in [0.1, 0.15) is 11.3 Å². The van der Waals surface area contributed by atoms with Crippen molar-refractivity contribution >= 4 is 17.7 Å². The van der Waals surface area contributed by atoms with Crippen molar-refractivity contribution in [3.63, 3.8) is 0 Å². The zero-order valence-electron chi connectivity index (χ0n) is 17.1. The van der Waals surface area contributed by atoms with Crippen molar-refractivity contribution in [2.24, 2.45) is 7.05 Å². The molecule has 0 aliphatic heterocycles. The van der Waals surface area contributed by atoms with Crippen LogP contribution in [-0.4, -0.2) is 52.6 Å². The quantitative estimate of drug-likeness (QED) is 0.522. The van der Waals surface area contributed by atoms with E-state index in [2.05, 4.69) is 10.2 Å². The van der Waals surface area contributed by atoms with Gasteiger partial charge in [-0.2, -0.15) is 0 Å². The maximum absolute atomic E-state index is 12.6. The molecular formula is C20H24N4O4S. The van der Waals surface area contributed by atoms with Crippen molar-refractivity contribution in [1.29, 1.82) is 0 Å². The van der Waals surface area contributed by atoms with E-state index in [9.17, 15) is 4.79 Å². The first kappa shape index (κ1) is 20.8. The third kappa shape index (κ3) is 4.56. The number of amides is 1. The average Bonchev–Trinajstić information content (AvgIpc) is 3.30. The van der Waals surface area contributed by atoms with E-state index in [1.54, 1.807) is 32.4 Å². The highest BCUT2D eigenvalue weighted by molar-refractivity contribution is 7.99. The molecule has 1 aromatic carbocycles. The Morgan fingerprint density at radius 2 is 1.97 bits per heavy atom. The Kier molecular flexibility index (Phi) is 6.48. The lowest BCUT2D eigenvalue weighted by molar-refractivity contribution is -0.127. The van der Waals surface area contributed by atoms with Crippen molar-refractivity contribution in [3.05, 3.63) is 41.9 Å². The van der Waals surface area contributed by atoms with E-state index in [-0.39, 0.29) is 11.7 Å². The summed E-state index contributed by atoms with van der Waals surface area (Å²) in [6, 6.07) is 7.48. The Bertz CT molecular complexity index is 998. The SMILES string of the molecule is COc1ccc(CN(C)C(=O)CSc2nnc(-c3ccoc3C)n2C)cc1OC. The summed E-state index contributed by atoms with van der Waals surface area (Å²) in [6.45, 7) is 2.35. The maximum atomic E-state index is 12.6. The highest BCUT2D eigenvalue weighted by Crippen LogP contribution is 2.28. The second-order valence-corrected chi connectivity index (χ2v) is 7.43. The molecule has 2 heterocycles. The highest BCUT2D eigenvalue weighted by Gasteiger charge is 2.17. The molecule has 0 radical (unpaired) electrons. The summed E-state index contributed by atoms with van der Waals surface area (Å²) in [5.74, 6) is 3.05. The van der Waals surface area contributed by atoms with Gasteiger partial charge in [-0.3, -0.25) is 4.79 Å². The van der Waals surface area contributed by atoms with Gasteiger partial charge in [-0.1, -0.05) is 17.8 Å². The first-order valence-corrected chi connectivity index (χ1v) is 9.94. The summed E-state index contributed by atoms with van der Waals surface area (Å²) in [5.41, 5.74) is 1.85. The van der Waals surface area contributed by atoms with Gasteiger partial charge in [-0.25, -0.2) is 0 Å². The maximum Gasteiger partial charge on any atom is 0.233 e. The Labute approximate surface area is 173 Å². The Morgan fingerprint density at radius 3 is 2.62 bits per heavy atom. The lowest BCUT2D eigenvalue weighted by Crippen LogP contribution is -2.27. The molecule has 0 N–H and O–H groups in total. The van der Waals surface area contributed by atoms with Crippen molar-refractivity contribution in [2.75, 3.05) is 27.0 Å². The molecule has 8 nitrogen and oxygen atoms in total. The van der Waals surface area contributed by atoms with Crippen molar-refractivity contribution in [1.82, 2.24) is 19.7 Å². The minimum atomic E-state index is -0.00572. The molecule has 0 spiro atoms. The Morgan fingerprint density at radius 1 is 1.21 bits per heavy atom. The van der Waals surface area contributed by atoms with E-state index in [4.69, 9.17) is 13.9 Å². The third-order valence-electron chi connectivity index (χ3n) is 4.55. The zero-order chi connectivity index (χ0) is 21.0. The summed E-state index contributed by atoms with van der Waals surface area (Å²) in [6.07, 6.45) is 1.62. The first-order chi connectivity index (χ1) is 13.9. The van der Waals surface area contributed by atoms with Crippen LogP contribution in [0.2, 0.25) is 0 Å². The smallest absolute Gasteiger partial charge is 0.233 e. The van der Waals surface area contributed by atoms with Gasteiger partial charge in [0.25, 0.3) is 0 Å². The van der Waals surface area contributed by atoms with Crippen LogP contribution in [0.25, 0.3) is 11.4 Å². The second kappa shape index (κ2) is 9.04. The normalized spacial score (nSPS) is 10.8. The third-order valence-corrected chi connectivity index (χ3v) is 5.56. The molecule has 0 atom stereocenters. The largest absolute Gasteiger partial charge is 0.493 e. The van der Waals surface area contributed by atoms with Gasteiger partial charge in [0.05, 0.1) is 31.8 Å². The van der Waals surface area contributed by atoms with Gasteiger partial charge in [0.15, 0.2) is 22.5 Å². The highest BCUT2D eigenvalue weighted by atomic mass is 32.2. The number of furan rings is 1. The van der Waals surface area contributed by atoms with Crippen LogP contribution >= 0.6 is 11.8 Å². The molecule has 3 aromatic rings. The average molecular weight is 417 g/mol. The number of thioether (sulfide) groups is 1. The van der Waals surface area contributed by atoms with E-state index in [0.717, 1.165) is 16.9 Å². The molecule has 3 rings (SSSR count). The predicted octanol–water partition coefficient (Wildman–Crippen LogP) is 3.15. The van der Waals surface area contributed by atoms with Crippen molar-refractivity contribution in [2.45, 2.75) is 18.6 Å². The molecule has 154 valence electrons. The van der Waals surface area contributed by atoms with Crippen molar-refractivity contribution < 1.29 is 18.7 Å². The molecule has 0 fully saturated rings. The lowest BCUT2D eigenvalue weighted by Gasteiger charge is -2.18. The van der Waals surface area contributed by atoms with E-state index in [1.165, 1.54) is 11.8 Å². The number of methoxy groups -OCH3 is 2. The number of aryl methyl sites for hydroxylation is 1. The van der Waals surface area contributed by atoms with Gasteiger partial charge in [-0.15, -0.1) is 10.2 Å². The van der Waals surface area contributed by atoms with Crippen LogP contribution in [0, 0.1) is 6.92 Å². The van der Waals surface area contributed by atoms with E-state index < -0.39 is 0 Å². The van der Waals surface area contributed by atoms with Crippen molar-refractivity contribution in [3.8, 4) is 22.9 Å². The van der Waals surface area contributed by atoms with Gasteiger partial charge in [0.2, 0.25) is 5.91 Å². The number of benzene rings is 1. The minimum Gasteiger partial charge on any atom is -0.493 e.